The van der Waals surface area contributed by atoms with E-state index in [2.05, 4.69) is 0 Å². The van der Waals surface area contributed by atoms with E-state index in [4.69, 9.17) is 10.5 Å². The first-order valence-corrected chi connectivity index (χ1v) is 8.77. The summed E-state index contributed by atoms with van der Waals surface area (Å²) in [5.74, 6) is -3.85. The third-order valence-electron chi connectivity index (χ3n) is 4.37. The van der Waals surface area contributed by atoms with E-state index in [0.29, 0.717) is 11.1 Å². The highest BCUT2D eigenvalue weighted by Gasteiger charge is 2.16. The van der Waals surface area contributed by atoms with Crippen LogP contribution in [0.4, 0.5) is 17.6 Å². The first kappa shape index (κ1) is 20.4. The molecule has 0 heterocycles. The van der Waals surface area contributed by atoms with Gasteiger partial charge in [-0.3, -0.25) is 4.79 Å². The van der Waals surface area contributed by atoms with E-state index in [1.54, 1.807) is 6.07 Å². The van der Waals surface area contributed by atoms with E-state index in [1.165, 1.54) is 36.4 Å². The smallest absolute Gasteiger partial charge is 0.255 e. The van der Waals surface area contributed by atoms with Crippen LogP contribution in [0.5, 0.6) is 5.75 Å². The third-order valence-corrected chi connectivity index (χ3v) is 4.37. The van der Waals surface area contributed by atoms with Gasteiger partial charge in [-0.25, -0.2) is 17.6 Å². The highest BCUT2D eigenvalue weighted by molar-refractivity contribution is 5.75. The molecule has 0 spiro atoms. The van der Waals surface area contributed by atoms with Gasteiger partial charge in [-0.2, -0.15) is 0 Å². The minimum absolute atomic E-state index is 0.00209. The molecule has 1 amide bonds. The van der Waals surface area contributed by atoms with E-state index >= 15 is 0 Å². The zero-order valence-corrected chi connectivity index (χ0v) is 15.2. The molecule has 0 bridgehead atoms. The van der Waals surface area contributed by atoms with Gasteiger partial charge >= 0.3 is 0 Å². The molecular formula is C22H17F4NO2. The predicted molar refractivity (Wildman–Crippen MR) is 100 cm³/mol. The number of carbonyl (C=O) groups is 1. The maximum atomic E-state index is 14.5. The Morgan fingerprint density at radius 3 is 2.31 bits per heavy atom. The van der Waals surface area contributed by atoms with Gasteiger partial charge in [-0.15, -0.1) is 0 Å². The van der Waals surface area contributed by atoms with E-state index in [-0.39, 0.29) is 29.7 Å². The van der Waals surface area contributed by atoms with Gasteiger partial charge in [0.05, 0.1) is 0 Å². The van der Waals surface area contributed by atoms with Crippen molar-refractivity contribution in [1.82, 2.24) is 0 Å². The maximum Gasteiger partial charge on any atom is 0.255 e. The lowest BCUT2D eigenvalue weighted by Gasteiger charge is -2.11. The van der Waals surface area contributed by atoms with Crippen molar-refractivity contribution in [2.75, 3.05) is 6.61 Å². The molecule has 150 valence electrons. The van der Waals surface area contributed by atoms with E-state index in [1.807, 2.05) is 0 Å². The Kier molecular flexibility index (Phi) is 6.16. The molecule has 3 nitrogen and oxygen atoms in total. The standard InChI is InChI=1S/C22H17F4NO2/c23-16-3-1-2-13(11-16)14-5-7-18(24)15(10-14)4-6-17-19(25)8-9-20(22(17)26)29-12-21(27)28/h1-3,5,7-11H,4,6,12H2,(H2,27,28). The Bertz CT molecular complexity index is 1050. The Morgan fingerprint density at radius 1 is 0.862 bits per heavy atom. The van der Waals surface area contributed by atoms with Crippen LogP contribution in [0.2, 0.25) is 0 Å². The molecule has 3 aromatic carbocycles. The third kappa shape index (κ3) is 4.93. The average molecular weight is 403 g/mol. The van der Waals surface area contributed by atoms with Crippen molar-refractivity contribution in [2.45, 2.75) is 12.8 Å². The second-order valence-electron chi connectivity index (χ2n) is 6.41. The molecule has 7 heteroatoms. The van der Waals surface area contributed by atoms with Crippen molar-refractivity contribution in [1.29, 1.82) is 0 Å². The highest BCUT2D eigenvalue weighted by Crippen LogP contribution is 2.27. The van der Waals surface area contributed by atoms with Gasteiger partial charge in [-0.05, 0) is 65.9 Å². The first-order chi connectivity index (χ1) is 13.8. The Morgan fingerprint density at radius 2 is 1.59 bits per heavy atom. The van der Waals surface area contributed by atoms with Gasteiger partial charge in [0.25, 0.3) is 5.91 Å². The number of nitrogens with two attached hydrogens (primary N) is 1. The van der Waals surface area contributed by atoms with Crippen molar-refractivity contribution >= 4 is 5.91 Å². The van der Waals surface area contributed by atoms with Crippen LogP contribution in [0.3, 0.4) is 0 Å². The van der Waals surface area contributed by atoms with Crippen LogP contribution >= 0.6 is 0 Å². The van der Waals surface area contributed by atoms with Gasteiger partial charge in [-0.1, -0.05) is 18.2 Å². The molecule has 0 unspecified atom stereocenters. The van der Waals surface area contributed by atoms with Crippen LogP contribution in [0, 0.1) is 23.3 Å². The number of primary amides is 1. The minimum Gasteiger partial charge on any atom is -0.481 e. The van der Waals surface area contributed by atoms with Crippen LogP contribution in [0.1, 0.15) is 11.1 Å². The first-order valence-electron chi connectivity index (χ1n) is 8.77. The number of carbonyl (C=O) groups excluding carboxylic acids is 1. The topological polar surface area (TPSA) is 52.3 Å². The number of benzene rings is 3. The number of rotatable bonds is 7. The van der Waals surface area contributed by atoms with Crippen LogP contribution in [-0.2, 0) is 17.6 Å². The van der Waals surface area contributed by atoms with Gasteiger partial charge in [0.1, 0.15) is 17.5 Å². The summed E-state index contributed by atoms with van der Waals surface area (Å²) in [5.41, 5.74) is 6.04. The SMILES string of the molecule is NC(=O)COc1ccc(F)c(CCc2cc(-c3cccc(F)c3)ccc2F)c1F. The van der Waals surface area contributed by atoms with E-state index in [0.717, 1.165) is 12.1 Å². The van der Waals surface area contributed by atoms with Crippen LogP contribution in [-0.4, -0.2) is 12.5 Å². The average Bonchev–Trinajstić information content (AvgIpc) is 2.68. The molecule has 2 N–H and O–H groups in total. The highest BCUT2D eigenvalue weighted by atomic mass is 19.1. The summed E-state index contributed by atoms with van der Waals surface area (Å²) < 4.78 is 61.2. The van der Waals surface area contributed by atoms with Crippen LogP contribution in [0.15, 0.2) is 54.6 Å². The molecule has 3 aromatic rings. The Labute approximate surface area is 164 Å². The molecule has 0 aromatic heterocycles. The molecule has 0 atom stereocenters. The molecular weight excluding hydrogens is 386 g/mol. The number of hydrogen-bond acceptors (Lipinski definition) is 2. The second kappa shape index (κ2) is 8.77. The van der Waals surface area contributed by atoms with Crippen molar-refractivity contribution in [2.24, 2.45) is 5.73 Å². The molecule has 0 aliphatic carbocycles. The summed E-state index contributed by atoms with van der Waals surface area (Å²) in [6, 6.07) is 12.2. The normalized spacial score (nSPS) is 10.8. The number of aryl methyl sites for hydroxylation is 1. The van der Waals surface area contributed by atoms with Gasteiger partial charge in [0.2, 0.25) is 0 Å². The number of halogens is 4. The van der Waals surface area contributed by atoms with Crippen LogP contribution in [0.25, 0.3) is 11.1 Å². The zero-order chi connectivity index (χ0) is 21.0. The summed E-state index contributed by atoms with van der Waals surface area (Å²) in [5, 5.41) is 0. The largest absolute Gasteiger partial charge is 0.481 e. The van der Waals surface area contributed by atoms with Gasteiger partial charge < -0.3 is 10.5 Å². The summed E-state index contributed by atoms with van der Waals surface area (Å²) >= 11 is 0. The number of hydrogen-bond donors (Lipinski definition) is 1. The Hall–Kier alpha value is -3.35. The molecule has 0 aliphatic heterocycles. The fourth-order valence-electron chi connectivity index (χ4n) is 2.94. The second-order valence-corrected chi connectivity index (χ2v) is 6.41. The quantitative estimate of drug-likeness (QED) is 0.588. The molecule has 0 saturated carbocycles. The fraction of sp³-hybridized carbons (Fsp3) is 0.136. The maximum absolute atomic E-state index is 14.5. The molecule has 0 fully saturated rings. The lowest BCUT2D eigenvalue weighted by molar-refractivity contribution is -0.120. The number of ether oxygens (including phenoxy) is 1. The van der Waals surface area contributed by atoms with E-state index in [9.17, 15) is 22.4 Å². The fourth-order valence-corrected chi connectivity index (χ4v) is 2.94. The Balaban J connectivity index is 1.83. The molecule has 0 aliphatic rings. The monoisotopic (exact) mass is 403 g/mol. The minimum atomic E-state index is -0.965. The molecule has 0 radical (unpaired) electrons. The van der Waals surface area contributed by atoms with Crippen molar-refractivity contribution in [3.8, 4) is 16.9 Å². The van der Waals surface area contributed by atoms with Crippen molar-refractivity contribution in [3.05, 3.63) is 89.0 Å². The molecule has 0 saturated heterocycles. The summed E-state index contributed by atoms with van der Waals surface area (Å²) in [4.78, 5) is 10.8. The molecule has 3 rings (SSSR count). The predicted octanol–water partition coefficient (Wildman–Crippen LogP) is 4.56. The molecule has 29 heavy (non-hydrogen) atoms. The zero-order valence-electron chi connectivity index (χ0n) is 15.2. The van der Waals surface area contributed by atoms with Crippen molar-refractivity contribution in [3.63, 3.8) is 0 Å². The van der Waals surface area contributed by atoms with Crippen molar-refractivity contribution < 1.29 is 27.1 Å². The van der Waals surface area contributed by atoms with Gasteiger partial charge in [0.15, 0.2) is 18.2 Å². The number of amides is 1. The summed E-state index contributed by atoms with van der Waals surface area (Å²) in [6.07, 6.45) is -0.142. The van der Waals surface area contributed by atoms with Gasteiger partial charge in [0, 0.05) is 5.56 Å². The lowest BCUT2D eigenvalue weighted by Crippen LogP contribution is -2.20. The summed E-state index contributed by atoms with van der Waals surface area (Å²) in [6.45, 7) is -0.549. The van der Waals surface area contributed by atoms with Crippen LogP contribution < -0.4 is 10.5 Å². The summed E-state index contributed by atoms with van der Waals surface area (Å²) in [7, 11) is 0. The lowest BCUT2D eigenvalue weighted by atomic mass is 9.98. The van der Waals surface area contributed by atoms with E-state index < -0.39 is 35.8 Å².